The molecule has 23 heavy (non-hydrogen) atoms. The molecule has 128 valence electrons. The predicted octanol–water partition coefficient (Wildman–Crippen LogP) is 2.15. The van der Waals surface area contributed by atoms with E-state index in [0.29, 0.717) is 13.2 Å². The van der Waals surface area contributed by atoms with Gasteiger partial charge in [0.2, 0.25) is 10.0 Å². The quantitative estimate of drug-likeness (QED) is 0.867. The van der Waals surface area contributed by atoms with Crippen molar-refractivity contribution < 1.29 is 17.9 Å². The van der Waals surface area contributed by atoms with Gasteiger partial charge in [-0.15, -0.1) is 0 Å². The van der Waals surface area contributed by atoms with Crippen molar-refractivity contribution in [1.29, 1.82) is 0 Å². The molecule has 1 amide bonds. The van der Waals surface area contributed by atoms with E-state index >= 15 is 0 Å². The fraction of sp³-hybridized carbons (Fsp3) is 0.500. The van der Waals surface area contributed by atoms with Crippen LogP contribution in [0.2, 0.25) is 10.0 Å². The summed E-state index contributed by atoms with van der Waals surface area (Å²) in [6.07, 6.45) is 1.67. The third-order valence-electron chi connectivity index (χ3n) is 3.52. The van der Waals surface area contributed by atoms with Crippen LogP contribution < -0.4 is 5.32 Å². The minimum atomic E-state index is -3.78. The first-order chi connectivity index (χ1) is 10.7. The van der Waals surface area contributed by atoms with Crippen LogP contribution in [0.25, 0.3) is 0 Å². The third-order valence-corrected chi connectivity index (χ3v) is 6.11. The second-order valence-corrected chi connectivity index (χ2v) is 8.37. The fourth-order valence-corrected chi connectivity index (χ4v) is 3.94. The van der Waals surface area contributed by atoms with Gasteiger partial charge in [-0.05, 0) is 25.0 Å². The van der Waals surface area contributed by atoms with Crippen LogP contribution in [0.15, 0.2) is 17.0 Å². The van der Waals surface area contributed by atoms with E-state index in [9.17, 15) is 13.2 Å². The van der Waals surface area contributed by atoms with E-state index in [1.807, 2.05) is 0 Å². The average Bonchev–Trinajstić information content (AvgIpc) is 2.47. The Morgan fingerprint density at radius 1 is 1.30 bits per heavy atom. The molecule has 0 spiro atoms. The summed E-state index contributed by atoms with van der Waals surface area (Å²) in [5, 5.41) is 2.88. The summed E-state index contributed by atoms with van der Waals surface area (Å²) in [4.78, 5) is 12.2. The van der Waals surface area contributed by atoms with E-state index < -0.39 is 15.9 Å². The minimum absolute atomic E-state index is 0.0266. The highest BCUT2D eigenvalue weighted by molar-refractivity contribution is 7.89. The third kappa shape index (κ3) is 4.16. The van der Waals surface area contributed by atoms with Crippen molar-refractivity contribution >= 4 is 39.1 Å². The zero-order valence-corrected chi connectivity index (χ0v) is 15.1. The Kier molecular flexibility index (Phi) is 5.91. The van der Waals surface area contributed by atoms with Crippen LogP contribution >= 0.6 is 23.2 Å². The smallest absolute Gasteiger partial charge is 0.253 e. The van der Waals surface area contributed by atoms with Crippen molar-refractivity contribution in [2.24, 2.45) is 0 Å². The molecule has 1 aliphatic rings. The van der Waals surface area contributed by atoms with Crippen molar-refractivity contribution in [3.8, 4) is 0 Å². The molecule has 2 rings (SSSR count). The second kappa shape index (κ2) is 7.36. The molecule has 0 aromatic heterocycles. The van der Waals surface area contributed by atoms with Crippen molar-refractivity contribution in [3.05, 3.63) is 27.7 Å². The normalized spacial score (nSPS) is 18.9. The zero-order chi connectivity index (χ0) is 17.2. The molecule has 6 nitrogen and oxygen atoms in total. The van der Waals surface area contributed by atoms with Gasteiger partial charge in [0.1, 0.15) is 4.90 Å². The zero-order valence-electron chi connectivity index (χ0n) is 12.8. The van der Waals surface area contributed by atoms with Crippen molar-refractivity contribution in [2.75, 3.05) is 27.3 Å². The highest BCUT2D eigenvalue weighted by atomic mass is 35.5. The largest absolute Gasteiger partial charge is 0.379 e. The van der Waals surface area contributed by atoms with Gasteiger partial charge in [-0.25, -0.2) is 12.7 Å². The van der Waals surface area contributed by atoms with Gasteiger partial charge < -0.3 is 10.1 Å². The summed E-state index contributed by atoms with van der Waals surface area (Å²) in [5.41, 5.74) is 0.0714. The number of halogens is 2. The van der Waals surface area contributed by atoms with Gasteiger partial charge in [0, 0.05) is 20.7 Å². The number of hydrogen-bond acceptors (Lipinski definition) is 4. The van der Waals surface area contributed by atoms with Crippen LogP contribution in [0, 0.1) is 0 Å². The highest BCUT2D eigenvalue weighted by Crippen LogP contribution is 2.30. The SMILES string of the molecule is CN(C)S(=O)(=O)c1cc(C(=O)N[C@H]2CCCOC2)c(Cl)cc1Cl. The second-order valence-electron chi connectivity index (χ2n) is 5.44. The lowest BCUT2D eigenvalue weighted by Crippen LogP contribution is -2.40. The maximum absolute atomic E-state index is 12.4. The lowest BCUT2D eigenvalue weighted by Gasteiger charge is -2.23. The van der Waals surface area contributed by atoms with Crippen LogP contribution in [-0.2, 0) is 14.8 Å². The molecule has 1 saturated heterocycles. The number of amides is 1. The minimum Gasteiger partial charge on any atom is -0.379 e. The Balaban J connectivity index is 2.33. The Morgan fingerprint density at radius 3 is 2.57 bits per heavy atom. The molecule has 1 fully saturated rings. The van der Waals surface area contributed by atoms with E-state index in [1.54, 1.807) is 0 Å². The van der Waals surface area contributed by atoms with Gasteiger partial charge in [-0.1, -0.05) is 23.2 Å². The number of nitrogens with zero attached hydrogens (tertiary/aromatic N) is 1. The number of benzene rings is 1. The lowest BCUT2D eigenvalue weighted by atomic mass is 10.1. The average molecular weight is 381 g/mol. The summed E-state index contributed by atoms with van der Waals surface area (Å²) >= 11 is 12.0. The maximum atomic E-state index is 12.4. The van der Waals surface area contributed by atoms with Crippen LogP contribution in [0.1, 0.15) is 23.2 Å². The topological polar surface area (TPSA) is 75.7 Å². The number of hydrogen-bond donors (Lipinski definition) is 1. The molecule has 1 aromatic carbocycles. The van der Waals surface area contributed by atoms with E-state index in [-0.39, 0.29) is 26.5 Å². The monoisotopic (exact) mass is 380 g/mol. The molecule has 1 heterocycles. The Bertz CT molecular complexity index is 701. The summed E-state index contributed by atoms with van der Waals surface area (Å²) < 4.78 is 30.9. The fourth-order valence-electron chi connectivity index (χ4n) is 2.22. The first-order valence-corrected chi connectivity index (χ1v) is 9.23. The Labute approximate surface area is 145 Å². The molecular weight excluding hydrogens is 363 g/mol. The van der Waals surface area contributed by atoms with E-state index in [2.05, 4.69) is 5.32 Å². The molecule has 9 heteroatoms. The number of rotatable bonds is 4. The summed E-state index contributed by atoms with van der Waals surface area (Å²) in [7, 11) is -0.999. The number of carbonyl (C=O) groups is 1. The van der Waals surface area contributed by atoms with Gasteiger partial charge in [0.15, 0.2) is 0 Å². The lowest BCUT2D eigenvalue weighted by molar-refractivity contribution is 0.0624. The first kappa shape index (κ1) is 18.5. The molecule has 0 saturated carbocycles. The Morgan fingerprint density at radius 2 is 2.00 bits per heavy atom. The van der Waals surface area contributed by atoms with Gasteiger partial charge in [0.05, 0.1) is 28.3 Å². The van der Waals surface area contributed by atoms with Crippen molar-refractivity contribution in [1.82, 2.24) is 9.62 Å². The first-order valence-electron chi connectivity index (χ1n) is 7.03. The number of ether oxygens (including phenoxy) is 1. The van der Waals surface area contributed by atoms with E-state index in [0.717, 1.165) is 17.1 Å². The molecule has 0 bridgehead atoms. The molecule has 1 N–H and O–H groups in total. The molecule has 0 unspecified atom stereocenters. The van der Waals surface area contributed by atoms with E-state index in [1.165, 1.54) is 26.2 Å². The predicted molar refractivity (Wildman–Crippen MR) is 88.6 cm³/mol. The summed E-state index contributed by atoms with van der Waals surface area (Å²) in [6, 6.07) is 2.36. The van der Waals surface area contributed by atoms with Crippen LogP contribution in [0.4, 0.5) is 0 Å². The highest BCUT2D eigenvalue weighted by Gasteiger charge is 2.25. The standard InChI is InChI=1S/C14H18Cl2N2O4S/c1-18(2)23(20,21)13-6-10(11(15)7-12(13)16)14(19)17-9-4-3-5-22-8-9/h6-7,9H,3-5,8H2,1-2H3,(H,17,19)/t9-/m0/s1. The van der Waals surface area contributed by atoms with Gasteiger partial charge >= 0.3 is 0 Å². The molecule has 1 aromatic rings. The maximum Gasteiger partial charge on any atom is 0.253 e. The molecule has 1 atom stereocenters. The van der Waals surface area contributed by atoms with Gasteiger partial charge in [-0.2, -0.15) is 0 Å². The number of carbonyl (C=O) groups excluding carboxylic acids is 1. The number of nitrogens with one attached hydrogen (secondary N) is 1. The molecular formula is C14H18Cl2N2O4S. The van der Waals surface area contributed by atoms with Crippen LogP contribution in [-0.4, -0.2) is 52.0 Å². The van der Waals surface area contributed by atoms with Crippen molar-refractivity contribution in [3.63, 3.8) is 0 Å². The van der Waals surface area contributed by atoms with Gasteiger partial charge in [-0.3, -0.25) is 4.79 Å². The van der Waals surface area contributed by atoms with Crippen molar-refractivity contribution in [2.45, 2.75) is 23.8 Å². The van der Waals surface area contributed by atoms with Gasteiger partial charge in [0.25, 0.3) is 5.91 Å². The summed E-state index contributed by atoms with van der Waals surface area (Å²) in [5.74, 6) is -0.447. The van der Waals surface area contributed by atoms with Crippen LogP contribution in [0.3, 0.4) is 0 Å². The molecule has 1 aliphatic heterocycles. The number of sulfonamides is 1. The Hall–Kier alpha value is -0.860. The van der Waals surface area contributed by atoms with E-state index in [4.69, 9.17) is 27.9 Å². The molecule has 0 aliphatic carbocycles. The molecule has 0 radical (unpaired) electrons. The van der Waals surface area contributed by atoms with Crippen LogP contribution in [0.5, 0.6) is 0 Å². The summed E-state index contributed by atoms with van der Waals surface area (Å²) in [6.45, 7) is 1.11.